The number of anilines is 1. The van der Waals surface area contributed by atoms with Crippen LogP contribution in [0.4, 0.5) is 5.95 Å². The Hall–Kier alpha value is -2.95. The summed E-state index contributed by atoms with van der Waals surface area (Å²) in [5.41, 5.74) is 5.35. The molecule has 0 bridgehead atoms. The van der Waals surface area contributed by atoms with Crippen LogP contribution in [0.3, 0.4) is 0 Å². The lowest BCUT2D eigenvalue weighted by molar-refractivity contribution is -0.154. The van der Waals surface area contributed by atoms with Gasteiger partial charge in [-0.25, -0.2) is 4.98 Å². The zero-order valence-corrected chi connectivity index (χ0v) is 13.1. The summed E-state index contributed by atoms with van der Waals surface area (Å²) in [6.07, 6.45) is 0.664. The predicted molar refractivity (Wildman–Crippen MR) is 80.7 cm³/mol. The molecule has 11 nitrogen and oxygen atoms in total. The summed E-state index contributed by atoms with van der Waals surface area (Å²) in [4.78, 5) is 44.0. The van der Waals surface area contributed by atoms with Gasteiger partial charge in [-0.15, -0.1) is 0 Å². The minimum atomic E-state index is -0.698. The number of imidazole rings is 1. The van der Waals surface area contributed by atoms with Crippen molar-refractivity contribution in [2.24, 2.45) is 0 Å². The second-order valence-corrected chi connectivity index (χ2v) is 4.86. The van der Waals surface area contributed by atoms with Gasteiger partial charge in [0.2, 0.25) is 5.95 Å². The topological polar surface area (TPSA) is 151 Å². The lowest BCUT2D eigenvalue weighted by Gasteiger charge is -2.17. The Morgan fingerprint density at radius 3 is 2.50 bits per heavy atom. The first-order chi connectivity index (χ1) is 11.4. The van der Waals surface area contributed by atoms with Gasteiger partial charge >= 0.3 is 11.9 Å². The monoisotopic (exact) mass is 339 g/mol. The van der Waals surface area contributed by atoms with Crippen LogP contribution in [0.25, 0.3) is 11.2 Å². The summed E-state index contributed by atoms with van der Waals surface area (Å²) in [6.45, 7) is 2.22. The molecule has 0 atom stereocenters. The second kappa shape index (κ2) is 7.55. The summed E-state index contributed by atoms with van der Waals surface area (Å²) in [5, 5.41) is 0. The Balaban J connectivity index is 2.08. The molecule has 0 aliphatic carbocycles. The van der Waals surface area contributed by atoms with Gasteiger partial charge in [-0.1, -0.05) is 0 Å². The van der Waals surface area contributed by atoms with E-state index in [0.29, 0.717) is 0 Å². The molecule has 0 radical (unpaired) electrons. The molecule has 0 fully saturated rings. The zero-order valence-electron chi connectivity index (χ0n) is 13.1. The number of hydrogen-bond donors (Lipinski definition) is 2. The van der Waals surface area contributed by atoms with Crippen LogP contribution < -0.4 is 11.3 Å². The quantitative estimate of drug-likeness (QED) is 0.616. The average molecular weight is 339 g/mol. The first-order valence-electron chi connectivity index (χ1n) is 6.95. The molecule has 2 heterocycles. The number of aromatic amines is 1. The molecule has 2 rings (SSSR count). The maximum atomic E-state index is 11.9. The molecule has 0 aliphatic heterocycles. The standard InChI is InChI=1S/C13H17N5O6/c1-7(19)22-3-9(4-23-8(2)20)24-6-18-5-15-11-10(18)12(21)17-13(14)16-11/h5,9H,3-4,6H2,1-2H3,(H3,14,16,17,21). The predicted octanol–water partition coefficient (Wildman–Crippen LogP) is -0.829. The summed E-state index contributed by atoms with van der Waals surface area (Å²) >= 11 is 0. The molecule has 0 unspecified atom stereocenters. The fourth-order valence-corrected chi connectivity index (χ4v) is 1.85. The van der Waals surface area contributed by atoms with E-state index in [1.165, 1.54) is 24.7 Å². The smallest absolute Gasteiger partial charge is 0.302 e. The first kappa shape index (κ1) is 17.4. The van der Waals surface area contributed by atoms with Gasteiger partial charge in [0.05, 0.1) is 6.33 Å². The molecule has 24 heavy (non-hydrogen) atoms. The van der Waals surface area contributed by atoms with E-state index in [1.807, 2.05) is 0 Å². The van der Waals surface area contributed by atoms with Crippen molar-refractivity contribution in [2.45, 2.75) is 26.7 Å². The number of rotatable bonds is 7. The van der Waals surface area contributed by atoms with Crippen LogP contribution in [-0.2, 0) is 30.5 Å². The molecular formula is C13H17N5O6. The number of carbonyl (C=O) groups excluding carboxylic acids is 2. The van der Waals surface area contributed by atoms with E-state index in [0.717, 1.165) is 0 Å². The van der Waals surface area contributed by atoms with Gasteiger partial charge in [-0.05, 0) is 0 Å². The van der Waals surface area contributed by atoms with E-state index >= 15 is 0 Å². The van der Waals surface area contributed by atoms with E-state index in [9.17, 15) is 14.4 Å². The number of carbonyl (C=O) groups is 2. The van der Waals surface area contributed by atoms with E-state index in [4.69, 9.17) is 19.9 Å². The van der Waals surface area contributed by atoms with Gasteiger partial charge < -0.3 is 24.5 Å². The summed E-state index contributed by atoms with van der Waals surface area (Å²) in [7, 11) is 0. The van der Waals surface area contributed by atoms with Crippen LogP contribution in [0.2, 0.25) is 0 Å². The Bertz CT molecular complexity index is 780. The van der Waals surface area contributed by atoms with Crippen molar-refractivity contribution in [1.82, 2.24) is 19.5 Å². The Kier molecular flexibility index (Phi) is 5.47. The first-order valence-corrected chi connectivity index (χ1v) is 6.95. The minimum Gasteiger partial charge on any atom is -0.463 e. The van der Waals surface area contributed by atoms with Crippen molar-refractivity contribution in [1.29, 1.82) is 0 Å². The average Bonchev–Trinajstić information content (AvgIpc) is 2.89. The molecule has 11 heteroatoms. The lowest BCUT2D eigenvalue weighted by Crippen LogP contribution is -2.29. The lowest BCUT2D eigenvalue weighted by atomic mass is 10.4. The highest BCUT2D eigenvalue weighted by atomic mass is 16.6. The summed E-state index contributed by atoms with van der Waals surface area (Å²) in [6, 6.07) is 0. The third-order valence-electron chi connectivity index (χ3n) is 2.90. The number of esters is 2. The Morgan fingerprint density at radius 2 is 1.92 bits per heavy atom. The molecule has 130 valence electrons. The van der Waals surface area contributed by atoms with Crippen LogP contribution >= 0.6 is 0 Å². The number of nitrogens with zero attached hydrogens (tertiary/aromatic N) is 3. The van der Waals surface area contributed by atoms with E-state index in [1.54, 1.807) is 0 Å². The largest absolute Gasteiger partial charge is 0.463 e. The number of hydrogen-bond acceptors (Lipinski definition) is 9. The second-order valence-electron chi connectivity index (χ2n) is 4.86. The summed E-state index contributed by atoms with van der Waals surface area (Å²) in [5.74, 6) is -1.02. The van der Waals surface area contributed by atoms with Crippen LogP contribution in [0.5, 0.6) is 0 Å². The third-order valence-corrected chi connectivity index (χ3v) is 2.90. The molecule has 0 amide bonds. The number of fused-ring (bicyclic) bond motifs is 1. The van der Waals surface area contributed by atoms with Crippen molar-refractivity contribution in [2.75, 3.05) is 18.9 Å². The zero-order chi connectivity index (χ0) is 17.7. The molecule has 0 aliphatic rings. The molecule has 3 N–H and O–H groups in total. The van der Waals surface area contributed by atoms with Gasteiger partial charge in [0.15, 0.2) is 11.2 Å². The highest BCUT2D eigenvalue weighted by molar-refractivity contribution is 5.70. The summed E-state index contributed by atoms with van der Waals surface area (Å²) < 4.78 is 16.7. The van der Waals surface area contributed by atoms with Crippen LogP contribution in [0.15, 0.2) is 11.1 Å². The van der Waals surface area contributed by atoms with Crippen LogP contribution in [-0.4, -0.2) is 50.8 Å². The van der Waals surface area contributed by atoms with Crippen molar-refractivity contribution in [3.8, 4) is 0 Å². The Labute approximate surface area is 135 Å². The third kappa shape index (κ3) is 4.52. The number of H-pyrrole nitrogens is 1. The van der Waals surface area contributed by atoms with E-state index in [2.05, 4.69) is 15.0 Å². The fourth-order valence-electron chi connectivity index (χ4n) is 1.85. The van der Waals surface area contributed by atoms with E-state index in [-0.39, 0.29) is 37.1 Å². The van der Waals surface area contributed by atoms with Gasteiger partial charge in [0.1, 0.15) is 26.0 Å². The maximum Gasteiger partial charge on any atom is 0.302 e. The van der Waals surface area contributed by atoms with Gasteiger partial charge in [-0.3, -0.25) is 19.4 Å². The number of nitrogens with one attached hydrogen (secondary N) is 1. The van der Waals surface area contributed by atoms with Crippen molar-refractivity contribution in [3.63, 3.8) is 0 Å². The van der Waals surface area contributed by atoms with Crippen molar-refractivity contribution in [3.05, 3.63) is 16.7 Å². The van der Waals surface area contributed by atoms with Crippen molar-refractivity contribution >= 4 is 29.1 Å². The number of aromatic nitrogens is 4. The Morgan fingerprint density at radius 1 is 1.29 bits per heavy atom. The molecule has 0 saturated heterocycles. The number of nitrogens with two attached hydrogens (primary N) is 1. The molecule has 0 aromatic carbocycles. The van der Waals surface area contributed by atoms with Crippen molar-refractivity contribution < 1.29 is 23.8 Å². The van der Waals surface area contributed by atoms with Gasteiger partial charge in [0.25, 0.3) is 5.56 Å². The molecule has 2 aromatic heterocycles. The van der Waals surface area contributed by atoms with Crippen LogP contribution in [0.1, 0.15) is 13.8 Å². The SMILES string of the molecule is CC(=O)OCC(COC(C)=O)OCn1cnc2nc(N)[nH]c(=O)c21. The maximum absolute atomic E-state index is 11.9. The molecule has 0 saturated carbocycles. The van der Waals surface area contributed by atoms with Crippen LogP contribution in [0, 0.1) is 0 Å². The van der Waals surface area contributed by atoms with Gasteiger partial charge in [0, 0.05) is 13.8 Å². The molecule has 2 aromatic rings. The fraction of sp³-hybridized carbons (Fsp3) is 0.462. The number of nitrogen functional groups attached to an aromatic ring is 1. The highest BCUT2D eigenvalue weighted by Crippen LogP contribution is 2.07. The molecular weight excluding hydrogens is 322 g/mol. The highest BCUT2D eigenvalue weighted by Gasteiger charge is 2.16. The molecule has 0 spiro atoms. The minimum absolute atomic E-state index is 0.0405. The van der Waals surface area contributed by atoms with Gasteiger partial charge in [-0.2, -0.15) is 4.98 Å². The normalized spacial score (nSPS) is 11.0. The number of ether oxygens (including phenoxy) is 3. The van der Waals surface area contributed by atoms with E-state index < -0.39 is 23.6 Å².